The number of benzene rings is 2. The number of nitrogens with one attached hydrogen (secondary N) is 1. The van der Waals surface area contributed by atoms with Gasteiger partial charge in [-0.2, -0.15) is 0 Å². The van der Waals surface area contributed by atoms with E-state index in [2.05, 4.69) is 62.3 Å². The van der Waals surface area contributed by atoms with Gasteiger partial charge in [0.15, 0.2) is 8.32 Å². The monoisotopic (exact) mass is 426 g/mol. The molecule has 1 unspecified atom stereocenters. The van der Waals surface area contributed by atoms with Crippen LogP contribution < -0.4 is 10.2 Å². The number of rotatable bonds is 5. The molecule has 30 heavy (non-hydrogen) atoms. The van der Waals surface area contributed by atoms with Crippen molar-refractivity contribution in [2.45, 2.75) is 57.8 Å². The van der Waals surface area contributed by atoms with Crippen LogP contribution in [0.1, 0.15) is 45.3 Å². The van der Waals surface area contributed by atoms with Crippen LogP contribution in [0.3, 0.4) is 0 Å². The Hall–Kier alpha value is -2.31. The molecule has 1 aliphatic rings. The summed E-state index contributed by atoms with van der Waals surface area (Å²) in [6, 6.07) is 14.9. The Morgan fingerprint density at radius 2 is 1.83 bits per heavy atom. The fourth-order valence-corrected chi connectivity index (χ4v) is 4.84. The van der Waals surface area contributed by atoms with Gasteiger partial charge in [-0.05, 0) is 61.3 Å². The van der Waals surface area contributed by atoms with Crippen LogP contribution in [0.15, 0.2) is 48.5 Å². The molecule has 2 aromatic carbocycles. The van der Waals surface area contributed by atoms with Gasteiger partial charge in [0.2, 0.25) is 5.91 Å². The van der Waals surface area contributed by atoms with Gasteiger partial charge in [-0.15, -0.1) is 0 Å². The summed E-state index contributed by atoms with van der Waals surface area (Å²) < 4.78 is 6.80. The van der Waals surface area contributed by atoms with Crippen LogP contribution in [0.5, 0.6) is 5.75 Å². The van der Waals surface area contributed by atoms with Gasteiger partial charge in [-0.1, -0.05) is 39.0 Å². The van der Waals surface area contributed by atoms with Crippen molar-refractivity contribution in [3.8, 4) is 5.75 Å². The fourth-order valence-electron chi connectivity index (χ4n) is 3.53. The van der Waals surface area contributed by atoms with Gasteiger partial charge >= 0.3 is 0 Å². The topological polar surface area (TPSA) is 61.8 Å². The number of phenols is 1. The minimum absolute atomic E-state index is 0.0623. The number of phenolic OH excluding ortho intramolecular Hbond substituents is 1. The number of hydrogen-bond donors (Lipinski definition) is 2. The van der Waals surface area contributed by atoms with E-state index in [1.807, 2.05) is 6.07 Å². The summed E-state index contributed by atoms with van der Waals surface area (Å²) in [6.07, 6.45) is 1.99. The molecular formula is C24H34N2O3Si. The molecule has 1 amide bonds. The highest BCUT2D eigenvalue weighted by Crippen LogP contribution is 2.43. The summed E-state index contributed by atoms with van der Waals surface area (Å²) >= 11 is 0. The number of hydrogen-bond acceptors (Lipinski definition) is 4. The Bertz CT molecular complexity index is 875. The van der Waals surface area contributed by atoms with Crippen molar-refractivity contribution in [3.63, 3.8) is 0 Å². The van der Waals surface area contributed by atoms with Gasteiger partial charge in [0.1, 0.15) is 5.75 Å². The lowest BCUT2D eigenvalue weighted by Gasteiger charge is -2.39. The van der Waals surface area contributed by atoms with Crippen LogP contribution in [0.4, 0.5) is 11.4 Å². The summed E-state index contributed by atoms with van der Waals surface area (Å²) in [5.74, 6) is 0.112. The molecule has 2 aromatic rings. The van der Waals surface area contributed by atoms with Crippen molar-refractivity contribution in [1.82, 2.24) is 0 Å². The average Bonchev–Trinajstić information content (AvgIpc) is 2.82. The van der Waals surface area contributed by atoms with Crippen molar-refractivity contribution < 1.29 is 14.3 Å². The highest BCUT2D eigenvalue weighted by molar-refractivity contribution is 6.74. The number of aromatic hydroxyl groups is 1. The molecule has 1 heterocycles. The third-order valence-electron chi connectivity index (χ3n) is 6.25. The highest BCUT2D eigenvalue weighted by atomic mass is 28.4. The third-order valence-corrected chi connectivity index (χ3v) is 10.7. The maximum absolute atomic E-state index is 12.7. The quantitative estimate of drug-likeness (QED) is 0.476. The highest BCUT2D eigenvalue weighted by Gasteiger charge is 2.40. The smallest absolute Gasteiger partial charge is 0.243 e. The number of para-hydroxylation sites is 1. The van der Waals surface area contributed by atoms with Gasteiger partial charge in [-0.25, -0.2) is 0 Å². The molecule has 0 radical (unpaired) electrons. The van der Waals surface area contributed by atoms with E-state index in [1.54, 1.807) is 24.3 Å². The summed E-state index contributed by atoms with van der Waals surface area (Å²) in [7, 11) is -1.91. The van der Waals surface area contributed by atoms with E-state index < -0.39 is 8.32 Å². The molecular weight excluding hydrogens is 392 g/mol. The molecule has 1 aliphatic heterocycles. The normalized spacial score (nSPS) is 17.2. The van der Waals surface area contributed by atoms with Crippen molar-refractivity contribution >= 4 is 25.6 Å². The zero-order chi connectivity index (χ0) is 21.9. The summed E-state index contributed by atoms with van der Waals surface area (Å²) in [6.45, 7) is 12.5. The van der Waals surface area contributed by atoms with Crippen molar-refractivity contribution in [1.29, 1.82) is 0 Å². The predicted octanol–water partition coefficient (Wildman–Crippen LogP) is 5.69. The first kappa shape index (κ1) is 22.4. The molecule has 0 aromatic heterocycles. The van der Waals surface area contributed by atoms with Crippen LogP contribution in [0.25, 0.3) is 0 Å². The van der Waals surface area contributed by atoms with E-state index in [1.165, 1.54) is 5.56 Å². The summed E-state index contributed by atoms with van der Waals surface area (Å²) in [4.78, 5) is 14.8. The summed E-state index contributed by atoms with van der Waals surface area (Å²) in [5, 5.41) is 12.5. The molecule has 1 atom stereocenters. The molecule has 0 fully saturated rings. The lowest BCUT2D eigenvalue weighted by molar-refractivity contribution is -0.115. The number of fused-ring (bicyclic) bond motifs is 1. The molecule has 0 bridgehead atoms. The molecule has 5 nitrogen and oxygen atoms in total. The predicted molar refractivity (Wildman–Crippen MR) is 126 cm³/mol. The van der Waals surface area contributed by atoms with E-state index in [-0.39, 0.29) is 29.3 Å². The SMILES string of the molecule is CC(C)(C)[Si](C)(C)OC1CCCN(CC(=O)Nc2ccc(O)cc2)c2ccccc21. The van der Waals surface area contributed by atoms with Crippen LogP contribution in [0, 0.1) is 0 Å². The first-order valence-corrected chi connectivity index (χ1v) is 13.6. The second-order valence-electron chi connectivity index (χ2n) is 9.58. The molecule has 2 N–H and O–H groups in total. The fraction of sp³-hybridized carbons (Fsp3) is 0.458. The Labute approximate surface area is 181 Å². The van der Waals surface area contributed by atoms with E-state index in [0.29, 0.717) is 5.69 Å². The van der Waals surface area contributed by atoms with Crippen LogP contribution >= 0.6 is 0 Å². The number of carbonyl (C=O) groups excluding carboxylic acids is 1. The zero-order valence-electron chi connectivity index (χ0n) is 18.7. The number of nitrogens with zero attached hydrogens (tertiary/aromatic N) is 1. The maximum Gasteiger partial charge on any atom is 0.243 e. The Morgan fingerprint density at radius 1 is 1.17 bits per heavy atom. The van der Waals surface area contributed by atoms with Crippen molar-refractivity contribution in [2.24, 2.45) is 0 Å². The molecule has 0 aliphatic carbocycles. The first-order chi connectivity index (χ1) is 14.1. The number of carbonyl (C=O) groups is 1. The Balaban J connectivity index is 1.78. The zero-order valence-corrected chi connectivity index (χ0v) is 19.7. The van der Waals surface area contributed by atoms with Crippen molar-refractivity contribution in [2.75, 3.05) is 23.3 Å². The second kappa shape index (κ2) is 8.82. The first-order valence-electron chi connectivity index (χ1n) is 10.7. The van der Waals surface area contributed by atoms with Gasteiger partial charge < -0.3 is 19.7 Å². The lowest BCUT2D eigenvalue weighted by atomic mass is 10.0. The number of amides is 1. The minimum Gasteiger partial charge on any atom is -0.508 e. The van der Waals surface area contributed by atoms with Crippen LogP contribution in [-0.4, -0.2) is 32.4 Å². The van der Waals surface area contributed by atoms with Crippen LogP contribution in [-0.2, 0) is 9.22 Å². The van der Waals surface area contributed by atoms with Gasteiger partial charge in [0.25, 0.3) is 0 Å². The second-order valence-corrected chi connectivity index (χ2v) is 14.3. The molecule has 0 spiro atoms. The molecule has 6 heteroatoms. The largest absolute Gasteiger partial charge is 0.508 e. The third kappa shape index (κ3) is 5.23. The summed E-state index contributed by atoms with van der Waals surface area (Å²) in [5.41, 5.74) is 2.94. The molecule has 162 valence electrons. The molecule has 0 saturated heterocycles. The number of anilines is 2. The van der Waals surface area contributed by atoms with E-state index in [9.17, 15) is 9.90 Å². The minimum atomic E-state index is -1.91. The maximum atomic E-state index is 12.7. The average molecular weight is 427 g/mol. The van der Waals surface area contributed by atoms with E-state index in [4.69, 9.17) is 4.43 Å². The van der Waals surface area contributed by atoms with Gasteiger partial charge in [-0.3, -0.25) is 4.79 Å². The van der Waals surface area contributed by atoms with Gasteiger partial charge in [0, 0.05) is 23.5 Å². The Kier molecular flexibility index (Phi) is 6.58. The van der Waals surface area contributed by atoms with Crippen LogP contribution in [0.2, 0.25) is 18.1 Å². The molecule has 3 rings (SSSR count). The lowest BCUT2D eigenvalue weighted by Crippen LogP contribution is -2.41. The van der Waals surface area contributed by atoms with Crippen molar-refractivity contribution in [3.05, 3.63) is 54.1 Å². The van der Waals surface area contributed by atoms with Gasteiger partial charge in [0.05, 0.1) is 12.6 Å². The molecule has 0 saturated carbocycles. The van der Waals surface area contributed by atoms with E-state index >= 15 is 0 Å². The van der Waals surface area contributed by atoms with E-state index in [0.717, 1.165) is 25.1 Å². The Morgan fingerprint density at radius 3 is 2.50 bits per heavy atom. The standard InChI is InChI=1S/C24H34N2O3Si/c1-24(2,3)30(4,5)29-22-11-8-16-26(21-10-7-6-9-20(21)22)17-23(28)25-18-12-14-19(27)15-13-18/h6-7,9-10,12-15,22,27H,8,11,16-17H2,1-5H3,(H,25,28).